The van der Waals surface area contributed by atoms with Crippen molar-refractivity contribution in [3.05, 3.63) is 35.4 Å². The monoisotopic (exact) mass is 346 g/mol. The first kappa shape index (κ1) is 17.8. The van der Waals surface area contributed by atoms with Crippen LogP contribution in [0.1, 0.15) is 44.5 Å². The van der Waals surface area contributed by atoms with E-state index in [-0.39, 0.29) is 34.7 Å². The van der Waals surface area contributed by atoms with Gasteiger partial charge in [-0.1, -0.05) is 26.8 Å². The van der Waals surface area contributed by atoms with Crippen LogP contribution in [-0.2, 0) is 4.74 Å². The molecule has 0 radical (unpaired) electrons. The molecule has 0 spiro atoms. The quantitative estimate of drug-likeness (QED) is 0.632. The van der Waals surface area contributed by atoms with Crippen LogP contribution < -0.4 is 4.74 Å². The predicted octanol–water partition coefficient (Wildman–Crippen LogP) is 3.30. The van der Waals surface area contributed by atoms with Crippen LogP contribution in [0.25, 0.3) is 0 Å². The number of ether oxygens (including phenoxy) is 2. The molecular weight excluding hydrogens is 320 g/mol. The smallest absolute Gasteiger partial charge is 0.338 e. The van der Waals surface area contributed by atoms with Gasteiger partial charge in [-0.05, 0) is 43.0 Å². The molecule has 2 aliphatic rings. The summed E-state index contributed by atoms with van der Waals surface area (Å²) >= 11 is 0. The summed E-state index contributed by atoms with van der Waals surface area (Å²) in [5.74, 6) is -0.194. The highest BCUT2D eigenvalue weighted by Crippen LogP contribution is 2.70. The molecule has 0 bridgehead atoms. The number of aromatic hydroxyl groups is 1. The maximum Gasteiger partial charge on any atom is 0.338 e. The standard InChI is InChI=1S/C20H26O5/c1-11(2)17(14-8-12(3)20(23)10-19(14,20)4)25-18(22)13-6-7-16(24-5)15(21)9-13/h6-9,11,14,17,21,23H,10H2,1-5H3. The van der Waals surface area contributed by atoms with Crippen molar-refractivity contribution < 1.29 is 24.5 Å². The average molecular weight is 346 g/mol. The highest BCUT2D eigenvalue weighted by Gasteiger charge is 2.72. The zero-order valence-electron chi connectivity index (χ0n) is 15.4. The largest absolute Gasteiger partial charge is 0.504 e. The van der Waals surface area contributed by atoms with Crippen molar-refractivity contribution in [3.63, 3.8) is 0 Å². The van der Waals surface area contributed by atoms with Gasteiger partial charge in [0.15, 0.2) is 11.5 Å². The fourth-order valence-electron chi connectivity index (χ4n) is 4.15. The summed E-state index contributed by atoms with van der Waals surface area (Å²) in [5.41, 5.74) is 0.215. The number of phenols is 1. The number of hydrogen-bond donors (Lipinski definition) is 2. The maximum absolute atomic E-state index is 12.6. The van der Waals surface area contributed by atoms with E-state index in [0.29, 0.717) is 12.2 Å². The summed E-state index contributed by atoms with van der Waals surface area (Å²) in [6, 6.07) is 4.46. The zero-order valence-corrected chi connectivity index (χ0v) is 15.4. The molecule has 5 heteroatoms. The van der Waals surface area contributed by atoms with Gasteiger partial charge < -0.3 is 19.7 Å². The Kier molecular flexibility index (Phi) is 4.11. The van der Waals surface area contributed by atoms with Crippen molar-refractivity contribution in [1.82, 2.24) is 0 Å². The van der Waals surface area contributed by atoms with Gasteiger partial charge in [0.05, 0.1) is 18.3 Å². The van der Waals surface area contributed by atoms with Crippen molar-refractivity contribution in [3.8, 4) is 11.5 Å². The van der Waals surface area contributed by atoms with E-state index in [9.17, 15) is 15.0 Å². The van der Waals surface area contributed by atoms with Gasteiger partial charge in [0.25, 0.3) is 0 Å². The number of rotatable bonds is 5. The summed E-state index contributed by atoms with van der Waals surface area (Å²) in [7, 11) is 1.45. The molecule has 2 N–H and O–H groups in total. The number of methoxy groups -OCH3 is 1. The van der Waals surface area contributed by atoms with Gasteiger partial charge in [-0.3, -0.25) is 0 Å². The first-order chi connectivity index (χ1) is 11.6. The Labute approximate surface area is 148 Å². The van der Waals surface area contributed by atoms with E-state index in [4.69, 9.17) is 9.47 Å². The van der Waals surface area contributed by atoms with Gasteiger partial charge in [-0.15, -0.1) is 0 Å². The van der Waals surface area contributed by atoms with E-state index < -0.39 is 11.6 Å². The minimum Gasteiger partial charge on any atom is -0.504 e. The van der Waals surface area contributed by atoms with Crippen LogP contribution in [0.3, 0.4) is 0 Å². The van der Waals surface area contributed by atoms with Crippen molar-refractivity contribution in [2.75, 3.05) is 7.11 Å². The van der Waals surface area contributed by atoms with E-state index in [0.717, 1.165) is 5.57 Å². The number of carbonyl (C=O) groups excluding carboxylic acids is 1. The second-order valence-corrected chi connectivity index (χ2v) is 7.83. The topological polar surface area (TPSA) is 76.0 Å². The molecule has 3 rings (SSSR count). The van der Waals surface area contributed by atoms with Crippen molar-refractivity contribution in [2.45, 2.75) is 45.8 Å². The Hall–Kier alpha value is -2.01. The Morgan fingerprint density at radius 2 is 2.04 bits per heavy atom. The van der Waals surface area contributed by atoms with Crippen LogP contribution in [0.2, 0.25) is 0 Å². The summed E-state index contributed by atoms with van der Waals surface area (Å²) in [5, 5.41) is 20.6. The first-order valence-corrected chi connectivity index (χ1v) is 8.63. The third kappa shape index (κ3) is 2.61. The zero-order chi connectivity index (χ0) is 18.6. The molecule has 1 fully saturated rings. The number of aliphatic hydroxyl groups is 1. The van der Waals surface area contributed by atoms with E-state index in [1.54, 1.807) is 6.07 Å². The van der Waals surface area contributed by atoms with Crippen LogP contribution in [0, 0.1) is 17.3 Å². The lowest BCUT2D eigenvalue weighted by Gasteiger charge is -2.31. The highest BCUT2D eigenvalue weighted by molar-refractivity contribution is 5.90. The van der Waals surface area contributed by atoms with Gasteiger partial charge in [0.2, 0.25) is 0 Å². The van der Waals surface area contributed by atoms with E-state index in [1.165, 1.54) is 19.2 Å². The van der Waals surface area contributed by atoms with Gasteiger partial charge in [-0.25, -0.2) is 4.79 Å². The second-order valence-electron chi connectivity index (χ2n) is 7.83. The Bertz CT molecular complexity index is 738. The average Bonchev–Trinajstić information content (AvgIpc) is 3.07. The Morgan fingerprint density at radius 3 is 2.48 bits per heavy atom. The van der Waals surface area contributed by atoms with Gasteiger partial charge in [-0.2, -0.15) is 0 Å². The van der Waals surface area contributed by atoms with Crippen LogP contribution in [-0.4, -0.2) is 35.0 Å². The van der Waals surface area contributed by atoms with E-state index >= 15 is 0 Å². The highest BCUT2D eigenvalue weighted by atomic mass is 16.5. The number of hydrogen-bond acceptors (Lipinski definition) is 5. The fourth-order valence-corrected chi connectivity index (χ4v) is 4.15. The number of benzene rings is 1. The summed E-state index contributed by atoms with van der Waals surface area (Å²) < 4.78 is 10.8. The molecule has 0 heterocycles. The van der Waals surface area contributed by atoms with Crippen LogP contribution in [0.4, 0.5) is 0 Å². The normalized spacial score (nSPS) is 31.3. The number of fused-ring (bicyclic) bond motifs is 1. The molecular formula is C20H26O5. The molecule has 1 saturated carbocycles. The predicted molar refractivity (Wildman–Crippen MR) is 93.6 cm³/mol. The van der Waals surface area contributed by atoms with Gasteiger partial charge >= 0.3 is 5.97 Å². The number of esters is 1. The van der Waals surface area contributed by atoms with Crippen molar-refractivity contribution in [2.24, 2.45) is 17.3 Å². The lowest BCUT2D eigenvalue weighted by Crippen LogP contribution is -2.35. The number of phenolic OH excluding ortho intramolecular Hbond substituents is 1. The Morgan fingerprint density at radius 1 is 1.36 bits per heavy atom. The maximum atomic E-state index is 12.6. The lowest BCUT2D eigenvalue weighted by atomic mass is 9.82. The van der Waals surface area contributed by atoms with Crippen LogP contribution in [0.15, 0.2) is 29.8 Å². The summed E-state index contributed by atoms with van der Waals surface area (Å²) in [4.78, 5) is 12.6. The van der Waals surface area contributed by atoms with E-state index in [1.807, 2.05) is 33.8 Å². The molecule has 4 unspecified atom stereocenters. The number of carbonyl (C=O) groups is 1. The molecule has 0 aliphatic heterocycles. The molecule has 5 nitrogen and oxygen atoms in total. The van der Waals surface area contributed by atoms with Crippen LogP contribution >= 0.6 is 0 Å². The summed E-state index contributed by atoms with van der Waals surface area (Å²) in [6.07, 6.45) is 2.41. The minimum absolute atomic E-state index is 0.0201. The molecule has 136 valence electrons. The molecule has 0 amide bonds. The molecule has 0 saturated heterocycles. The lowest BCUT2D eigenvalue weighted by molar-refractivity contribution is -0.0109. The van der Waals surface area contributed by atoms with Gasteiger partial charge in [0.1, 0.15) is 6.10 Å². The van der Waals surface area contributed by atoms with Crippen LogP contribution in [0.5, 0.6) is 11.5 Å². The second kappa shape index (κ2) is 5.77. The first-order valence-electron chi connectivity index (χ1n) is 8.63. The molecule has 2 aliphatic carbocycles. The van der Waals surface area contributed by atoms with E-state index in [2.05, 4.69) is 0 Å². The van der Waals surface area contributed by atoms with Gasteiger partial charge in [0, 0.05) is 11.3 Å². The van der Waals surface area contributed by atoms with Crippen molar-refractivity contribution >= 4 is 5.97 Å². The van der Waals surface area contributed by atoms with Crippen molar-refractivity contribution in [1.29, 1.82) is 0 Å². The molecule has 25 heavy (non-hydrogen) atoms. The third-order valence-electron chi connectivity index (χ3n) is 5.93. The third-order valence-corrected chi connectivity index (χ3v) is 5.93. The summed E-state index contributed by atoms with van der Waals surface area (Å²) in [6.45, 7) is 8.00. The SMILES string of the molecule is COc1ccc(C(=O)OC(C(C)C)C2C=C(C)C3(O)CC23C)cc1O. The fraction of sp³-hybridized carbons (Fsp3) is 0.550. The molecule has 0 aromatic heterocycles. The molecule has 1 aromatic rings. The Balaban J connectivity index is 1.82. The molecule has 4 atom stereocenters. The molecule has 1 aromatic carbocycles. The minimum atomic E-state index is -0.754.